The Labute approximate surface area is 169 Å². The zero-order chi connectivity index (χ0) is 20.3. The molecule has 0 bridgehead atoms. The van der Waals surface area contributed by atoms with Crippen molar-refractivity contribution in [2.75, 3.05) is 0 Å². The second kappa shape index (κ2) is 7.12. The first-order valence-electron chi connectivity index (χ1n) is 11.5. The molecule has 0 radical (unpaired) electrons. The molecule has 0 aliphatic heterocycles. The SMILES string of the molecule is C[C@H](CCC(=O)O)[C@H]1CC[C@H]2[C@@H]3CC[C@@H]4C[C@H](O)CC[C@]4(C)C3=C[C@H](O)[C@]12C. The third-order valence-corrected chi connectivity index (χ3v) is 9.69. The van der Waals surface area contributed by atoms with Crippen LogP contribution in [0.4, 0.5) is 0 Å². The number of rotatable bonds is 4. The molecule has 0 heterocycles. The molecular formula is C24H38O4. The summed E-state index contributed by atoms with van der Waals surface area (Å²) in [6, 6.07) is 0. The van der Waals surface area contributed by atoms with Crippen LogP contribution < -0.4 is 0 Å². The molecule has 9 atom stereocenters. The fourth-order valence-corrected chi connectivity index (χ4v) is 8.01. The molecule has 0 aromatic rings. The van der Waals surface area contributed by atoms with E-state index >= 15 is 0 Å². The second-order valence-corrected chi connectivity index (χ2v) is 10.9. The van der Waals surface area contributed by atoms with Gasteiger partial charge in [0, 0.05) is 11.8 Å². The normalized spacial score (nSPS) is 48.8. The number of aliphatic hydroxyl groups excluding tert-OH is 2. The van der Waals surface area contributed by atoms with Crippen molar-refractivity contribution in [1.82, 2.24) is 0 Å². The van der Waals surface area contributed by atoms with Crippen molar-refractivity contribution in [3.8, 4) is 0 Å². The first-order chi connectivity index (χ1) is 13.2. The van der Waals surface area contributed by atoms with Gasteiger partial charge in [0.25, 0.3) is 0 Å². The highest BCUT2D eigenvalue weighted by Crippen LogP contribution is 2.66. The van der Waals surface area contributed by atoms with Gasteiger partial charge in [0.05, 0.1) is 12.2 Å². The molecule has 0 aromatic carbocycles. The minimum Gasteiger partial charge on any atom is -0.481 e. The summed E-state index contributed by atoms with van der Waals surface area (Å²) in [6.45, 7) is 6.86. The van der Waals surface area contributed by atoms with E-state index in [1.807, 2.05) is 0 Å². The smallest absolute Gasteiger partial charge is 0.303 e. The third-order valence-electron chi connectivity index (χ3n) is 9.69. The summed E-state index contributed by atoms with van der Waals surface area (Å²) in [5, 5.41) is 30.7. The highest BCUT2D eigenvalue weighted by molar-refractivity contribution is 5.66. The molecule has 0 saturated heterocycles. The highest BCUT2D eigenvalue weighted by atomic mass is 16.4. The Hall–Kier alpha value is -0.870. The quantitative estimate of drug-likeness (QED) is 0.622. The largest absolute Gasteiger partial charge is 0.481 e. The van der Waals surface area contributed by atoms with E-state index in [9.17, 15) is 15.0 Å². The van der Waals surface area contributed by atoms with Gasteiger partial charge in [-0.2, -0.15) is 0 Å². The summed E-state index contributed by atoms with van der Waals surface area (Å²) in [6.07, 6.45) is 10.0. The number of aliphatic hydroxyl groups is 2. The Balaban J connectivity index is 1.62. The van der Waals surface area contributed by atoms with E-state index in [4.69, 9.17) is 5.11 Å². The fraction of sp³-hybridized carbons (Fsp3) is 0.875. The van der Waals surface area contributed by atoms with Crippen molar-refractivity contribution in [2.45, 2.75) is 90.8 Å². The van der Waals surface area contributed by atoms with E-state index in [1.165, 1.54) is 18.4 Å². The van der Waals surface area contributed by atoms with Gasteiger partial charge in [0.2, 0.25) is 0 Å². The number of fused-ring (bicyclic) bond motifs is 5. The number of carboxylic acid groups (broad SMARTS) is 1. The van der Waals surface area contributed by atoms with E-state index in [-0.39, 0.29) is 23.4 Å². The number of hydrogen-bond acceptors (Lipinski definition) is 3. The van der Waals surface area contributed by atoms with E-state index < -0.39 is 12.1 Å². The molecule has 28 heavy (non-hydrogen) atoms. The van der Waals surface area contributed by atoms with Crippen LogP contribution in [0.1, 0.15) is 78.6 Å². The number of hydrogen-bond donors (Lipinski definition) is 3. The number of carboxylic acids is 1. The summed E-state index contributed by atoms with van der Waals surface area (Å²) in [5.41, 5.74) is 1.49. The average Bonchev–Trinajstić information content (AvgIpc) is 3.00. The molecule has 4 aliphatic carbocycles. The molecule has 4 aliphatic rings. The molecule has 4 heteroatoms. The minimum atomic E-state index is -0.719. The van der Waals surface area contributed by atoms with Crippen molar-refractivity contribution in [3.63, 3.8) is 0 Å². The van der Waals surface area contributed by atoms with Crippen molar-refractivity contribution >= 4 is 5.97 Å². The molecule has 158 valence electrons. The molecule has 3 fully saturated rings. The minimum absolute atomic E-state index is 0.135. The van der Waals surface area contributed by atoms with Gasteiger partial charge in [-0.1, -0.05) is 32.4 Å². The van der Waals surface area contributed by atoms with Gasteiger partial charge in [0.15, 0.2) is 0 Å². The average molecular weight is 391 g/mol. The summed E-state index contributed by atoms with van der Waals surface area (Å²) in [5.74, 6) is 1.60. The summed E-state index contributed by atoms with van der Waals surface area (Å²) >= 11 is 0. The van der Waals surface area contributed by atoms with Gasteiger partial charge in [-0.25, -0.2) is 0 Å². The predicted molar refractivity (Wildman–Crippen MR) is 109 cm³/mol. The van der Waals surface area contributed by atoms with E-state index in [0.717, 1.165) is 32.1 Å². The molecule has 3 saturated carbocycles. The van der Waals surface area contributed by atoms with Crippen LogP contribution in [0.25, 0.3) is 0 Å². The van der Waals surface area contributed by atoms with Crippen LogP contribution in [0.3, 0.4) is 0 Å². The van der Waals surface area contributed by atoms with Crippen LogP contribution in [0, 0.1) is 40.4 Å². The monoisotopic (exact) mass is 390 g/mol. The number of allylic oxidation sites excluding steroid dienone is 1. The topological polar surface area (TPSA) is 77.8 Å². The van der Waals surface area contributed by atoms with E-state index in [2.05, 4.69) is 26.8 Å². The maximum absolute atomic E-state index is 11.4. The lowest BCUT2D eigenvalue weighted by Gasteiger charge is -2.58. The lowest BCUT2D eigenvalue weighted by atomic mass is 9.47. The van der Waals surface area contributed by atoms with Crippen LogP contribution in [0.2, 0.25) is 0 Å². The lowest BCUT2D eigenvalue weighted by Crippen LogP contribution is -2.53. The van der Waals surface area contributed by atoms with Gasteiger partial charge in [0.1, 0.15) is 0 Å². The molecule has 4 rings (SSSR count). The second-order valence-electron chi connectivity index (χ2n) is 10.9. The molecular weight excluding hydrogens is 352 g/mol. The van der Waals surface area contributed by atoms with Crippen molar-refractivity contribution in [3.05, 3.63) is 11.6 Å². The Morgan fingerprint density at radius 1 is 1.18 bits per heavy atom. The van der Waals surface area contributed by atoms with Gasteiger partial charge >= 0.3 is 5.97 Å². The van der Waals surface area contributed by atoms with Crippen LogP contribution in [0.15, 0.2) is 11.6 Å². The van der Waals surface area contributed by atoms with Crippen LogP contribution in [-0.4, -0.2) is 33.5 Å². The van der Waals surface area contributed by atoms with Crippen LogP contribution in [0.5, 0.6) is 0 Å². The maximum atomic E-state index is 11.4. The summed E-state index contributed by atoms with van der Waals surface area (Å²) in [4.78, 5) is 11.0. The zero-order valence-electron chi connectivity index (χ0n) is 17.7. The van der Waals surface area contributed by atoms with Crippen LogP contribution >= 0.6 is 0 Å². The fourth-order valence-electron chi connectivity index (χ4n) is 8.01. The first-order valence-corrected chi connectivity index (χ1v) is 11.5. The lowest BCUT2D eigenvalue weighted by molar-refractivity contribution is -0.137. The predicted octanol–water partition coefficient (Wildman–Crippen LogP) is 4.40. The summed E-state index contributed by atoms with van der Waals surface area (Å²) < 4.78 is 0. The Bertz CT molecular complexity index is 657. The van der Waals surface area contributed by atoms with Crippen molar-refractivity contribution < 1.29 is 20.1 Å². The van der Waals surface area contributed by atoms with Gasteiger partial charge in [-0.15, -0.1) is 0 Å². The molecule has 3 N–H and O–H groups in total. The maximum Gasteiger partial charge on any atom is 0.303 e. The van der Waals surface area contributed by atoms with Gasteiger partial charge in [-0.05, 0) is 86.4 Å². The Kier molecular flexibility index (Phi) is 5.19. The molecule has 0 amide bonds. The standard InChI is InChI=1S/C24H38O4/c1-14(4-9-22(27)28)18-7-8-19-17-6-5-15-12-16(25)10-11-23(15,2)20(17)13-21(26)24(18,19)3/h13-19,21,25-26H,4-12H2,1-3H3,(H,27,28)/t14-,15-,16-,17+,18-,19+,21+,23+,24-/m1/s1. The van der Waals surface area contributed by atoms with Crippen LogP contribution in [-0.2, 0) is 4.79 Å². The Morgan fingerprint density at radius 3 is 2.64 bits per heavy atom. The molecule has 0 spiro atoms. The van der Waals surface area contributed by atoms with Gasteiger partial charge in [-0.3, -0.25) is 4.79 Å². The Morgan fingerprint density at radius 2 is 1.93 bits per heavy atom. The van der Waals surface area contributed by atoms with Crippen molar-refractivity contribution in [2.24, 2.45) is 40.4 Å². The van der Waals surface area contributed by atoms with E-state index in [0.29, 0.717) is 36.0 Å². The highest BCUT2D eigenvalue weighted by Gasteiger charge is 2.60. The molecule has 4 nitrogen and oxygen atoms in total. The van der Waals surface area contributed by atoms with Gasteiger partial charge < -0.3 is 15.3 Å². The third kappa shape index (κ3) is 2.98. The number of aliphatic carboxylic acids is 1. The van der Waals surface area contributed by atoms with Crippen molar-refractivity contribution in [1.29, 1.82) is 0 Å². The zero-order valence-corrected chi connectivity index (χ0v) is 17.7. The summed E-state index contributed by atoms with van der Waals surface area (Å²) in [7, 11) is 0. The molecule has 0 unspecified atom stereocenters. The molecule has 0 aromatic heterocycles. The number of carbonyl (C=O) groups is 1. The van der Waals surface area contributed by atoms with E-state index in [1.54, 1.807) is 0 Å². The first kappa shape index (κ1) is 20.4.